The van der Waals surface area contributed by atoms with E-state index in [0.717, 1.165) is 32.6 Å². The lowest BCUT2D eigenvalue weighted by Gasteiger charge is -2.38. The average molecular weight is 200 g/mol. The number of nitrogens with two attached hydrogens (primary N) is 1. The Labute approximate surface area is 87.3 Å². The van der Waals surface area contributed by atoms with E-state index in [9.17, 15) is 5.11 Å². The molecule has 3 N–H and O–H groups in total. The van der Waals surface area contributed by atoms with Crippen molar-refractivity contribution in [3.8, 4) is 0 Å². The lowest BCUT2D eigenvalue weighted by atomic mass is 9.90. The highest BCUT2D eigenvalue weighted by atomic mass is 16.3. The van der Waals surface area contributed by atoms with Crippen LogP contribution in [0.3, 0.4) is 0 Å². The Balaban J connectivity index is 2.40. The van der Waals surface area contributed by atoms with Gasteiger partial charge in [-0.05, 0) is 24.3 Å². The lowest BCUT2D eigenvalue weighted by Crippen LogP contribution is -2.47. The summed E-state index contributed by atoms with van der Waals surface area (Å²) in [4.78, 5) is 2.42. The Kier molecular flexibility index (Phi) is 3.93. The van der Waals surface area contributed by atoms with Gasteiger partial charge in [0.25, 0.3) is 0 Å². The van der Waals surface area contributed by atoms with Crippen molar-refractivity contribution in [3.05, 3.63) is 0 Å². The molecule has 0 aromatic heterocycles. The summed E-state index contributed by atoms with van der Waals surface area (Å²) in [6.45, 7) is 10.3. The van der Waals surface area contributed by atoms with Crippen molar-refractivity contribution in [3.63, 3.8) is 0 Å². The van der Waals surface area contributed by atoms with Gasteiger partial charge in [0.1, 0.15) is 0 Å². The van der Waals surface area contributed by atoms with Crippen LogP contribution in [0.5, 0.6) is 0 Å². The van der Waals surface area contributed by atoms with Crippen LogP contribution in [0.4, 0.5) is 0 Å². The number of aliphatic hydroxyl groups is 1. The molecule has 1 saturated heterocycles. The number of likely N-dealkylation sites (tertiary alicyclic amines) is 1. The second kappa shape index (κ2) is 4.60. The molecule has 0 aromatic carbocycles. The van der Waals surface area contributed by atoms with Gasteiger partial charge in [-0.3, -0.25) is 0 Å². The molecule has 0 amide bonds. The molecule has 1 rings (SSSR count). The normalized spacial score (nSPS) is 30.6. The second-order valence-electron chi connectivity index (χ2n) is 5.44. The number of piperidine rings is 1. The largest absolute Gasteiger partial charge is 0.393 e. The zero-order valence-corrected chi connectivity index (χ0v) is 9.66. The molecule has 1 aliphatic rings. The van der Waals surface area contributed by atoms with E-state index in [2.05, 4.69) is 25.7 Å². The predicted octanol–water partition coefficient (Wildman–Crippen LogP) is 0.674. The van der Waals surface area contributed by atoms with E-state index < -0.39 is 0 Å². The zero-order valence-electron chi connectivity index (χ0n) is 9.66. The zero-order chi connectivity index (χ0) is 10.8. The molecule has 14 heavy (non-hydrogen) atoms. The van der Waals surface area contributed by atoms with Gasteiger partial charge in [0.05, 0.1) is 6.10 Å². The molecule has 2 atom stereocenters. The SMILES string of the molecule is CC1CN(CC(C)(C)CN)CCC1O. The topological polar surface area (TPSA) is 49.5 Å². The number of hydrogen-bond acceptors (Lipinski definition) is 3. The quantitative estimate of drug-likeness (QED) is 0.704. The molecule has 84 valence electrons. The predicted molar refractivity (Wildman–Crippen MR) is 59.1 cm³/mol. The van der Waals surface area contributed by atoms with Crippen LogP contribution in [-0.4, -0.2) is 42.3 Å². The number of hydrogen-bond donors (Lipinski definition) is 2. The van der Waals surface area contributed by atoms with Crippen molar-refractivity contribution < 1.29 is 5.11 Å². The number of nitrogens with zero attached hydrogens (tertiary/aromatic N) is 1. The monoisotopic (exact) mass is 200 g/mol. The van der Waals surface area contributed by atoms with E-state index in [1.54, 1.807) is 0 Å². The summed E-state index contributed by atoms with van der Waals surface area (Å²) < 4.78 is 0. The van der Waals surface area contributed by atoms with Crippen LogP contribution < -0.4 is 5.73 Å². The minimum Gasteiger partial charge on any atom is -0.393 e. The van der Waals surface area contributed by atoms with Crippen LogP contribution in [0.15, 0.2) is 0 Å². The van der Waals surface area contributed by atoms with Gasteiger partial charge in [0, 0.05) is 19.6 Å². The molecule has 0 saturated carbocycles. The highest BCUT2D eigenvalue weighted by molar-refractivity contribution is 4.81. The van der Waals surface area contributed by atoms with Crippen molar-refractivity contribution >= 4 is 0 Å². The molecular formula is C11H24N2O. The summed E-state index contributed by atoms with van der Waals surface area (Å²) in [5.41, 5.74) is 5.91. The number of rotatable bonds is 3. The van der Waals surface area contributed by atoms with Gasteiger partial charge in [-0.15, -0.1) is 0 Å². The fourth-order valence-electron chi connectivity index (χ4n) is 2.03. The molecule has 1 fully saturated rings. The Morgan fingerprint density at radius 2 is 2.14 bits per heavy atom. The molecule has 3 nitrogen and oxygen atoms in total. The molecule has 2 unspecified atom stereocenters. The molecule has 0 bridgehead atoms. The van der Waals surface area contributed by atoms with Crippen molar-refractivity contribution in [2.45, 2.75) is 33.3 Å². The molecule has 0 spiro atoms. The van der Waals surface area contributed by atoms with Gasteiger partial charge >= 0.3 is 0 Å². The maximum Gasteiger partial charge on any atom is 0.0590 e. The van der Waals surface area contributed by atoms with E-state index in [-0.39, 0.29) is 11.5 Å². The summed E-state index contributed by atoms with van der Waals surface area (Å²) in [5, 5.41) is 9.60. The van der Waals surface area contributed by atoms with Crippen LogP contribution in [0.1, 0.15) is 27.2 Å². The van der Waals surface area contributed by atoms with Gasteiger partial charge in [0.2, 0.25) is 0 Å². The summed E-state index contributed by atoms with van der Waals surface area (Å²) in [6.07, 6.45) is 0.800. The van der Waals surface area contributed by atoms with Crippen LogP contribution in [-0.2, 0) is 0 Å². The van der Waals surface area contributed by atoms with Crippen molar-refractivity contribution in [1.29, 1.82) is 0 Å². The van der Waals surface area contributed by atoms with E-state index in [0.29, 0.717) is 5.92 Å². The Bertz CT molecular complexity index is 182. The third-order valence-corrected chi connectivity index (χ3v) is 3.15. The first-order valence-electron chi connectivity index (χ1n) is 5.55. The molecular weight excluding hydrogens is 176 g/mol. The summed E-state index contributed by atoms with van der Waals surface area (Å²) in [6, 6.07) is 0. The van der Waals surface area contributed by atoms with Crippen LogP contribution in [0.2, 0.25) is 0 Å². The fourth-order valence-corrected chi connectivity index (χ4v) is 2.03. The summed E-state index contributed by atoms with van der Waals surface area (Å²) in [5.74, 6) is 0.400. The smallest absolute Gasteiger partial charge is 0.0590 e. The second-order valence-corrected chi connectivity index (χ2v) is 5.44. The number of aliphatic hydroxyl groups excluding tert-OH is 1. The van der Waals surface area contributed by atoms with E-state index in [1.807, 2.05) is 0 Å². The standard InChI is InChI=1S/C11H24N2O/c1-9-6-13(5-4-10(9)14)8-11(2,3)7-12/h9-10,14H,4-8,12H2,1-3H3. The summed E-state index contributed by atoms with van der Waals surface area (Å²) >= 11 is 0. The van der Waals surface area contributed by atoms with E-state index in [1.165, 1.54) is 0 Å². The maximum absolute atomic E-state index is 9.60. The Hall–Kier alpha value is -0.120. The van der Waals surface area contributed by atoms with Crippen LogP contribution in [0.25, 0.3) is 0 Å². The fraction of sp³-hybridized carbons (Fsp3) is 1.00. The minimum absolute atomic E-state index is 0.104. The Morgan fingerprint density at radius 1 is 1.50 bits per heavy atom. The highest BCUT2D eigenvalue weighted by Gasteiger charge is 2.27. The van der Waals surface area contributed by atoms with Gasteiger partial charge in [-0.1, -0.05) is 20.8 Å². The van der Waals surface area contributed by atoms with Gasteiger partial charge in [-0.2, -0.15) is 0 Å². The van der Waals surface area contributed by atoms with Crippen molar-refractivity contribution in [2.24, 2.45) is 17.1 Å². The van der Waals surface area contributed by atoms with Gasteiger partial charge in [-0.25, -0.2) is 0 Å². The van der Waals surface area contributed by atoms with E-state index in [4.69, 9.17) is 5.73 Å². The molecule has 0 aromatic rings. The first kappa shape index (κ1) is 12.0. The third kappa shape index (κ3) is 3.23. The van der Waals surface area contributed by atoms with Gasteiger partial charge < -0.3 is 15.7 Å². The molecule has 0 aliphatic carbocycles. The van der Waals surface area contributed by atoms with E-state index >= 15 is 0 Å². The molecule has 3 heteroatoms. The van der Waals surface area contributed by atoms with Crippen molar-refractivity contribution in [2.75, 3.05) is 26.2 Å². The first-order valence-corrected chi connectivity index (χ1v) is 5.55. The molecule has 0 radical (unpaired) electrons. The molecule has 1 heterocycles. The minimum atomic E-state index is -0.104. The third-order valence-electron chi connectivity index (χ3n) is 3.15. The highest BCUT2D eigenvalue weighted by Crippen LogP contribution is 2.21. The average Bonchev–Trinajstić information content (AvgIpc) is 2.11. The van der Waals surface area contributed by atoms with Crippen molar-refractivity contribution in [1.82, 2.24) is 4.90 Å². The lowest BCUT2D eigenvalue weighted by molar-refractivity contribution is 0.0220. The van der Waals surface area contributed by atoms with Gasteiger partial charge in [0.15, 0.2) is 0 Å². The maximum atomic E-state index is 9.60. The first-order chi connectivity index (χ1) is 6.44. The van der Waals surface area contributed by atoms with Crippen LogP contribution >= 0.6 is 0 Å². The molecule has 1 aliphatic heterocycles. The van der Waals surface area contributed by atoms with Crippen LogP contribution in [0, 0.1) is 11.3 Å². The Morgan fingerprint density at radius 3 is 2.64 bits per heavy atom. The summed E-state index contributed by atoms with van der Waals surface area (Å²) in [7, 11) is 0.